The van der Waals surface area contributed by atoms with E-state index < -0.39 is 6.04 Å². The summed E-state index contributed by atoms with van der Waals surface area (Å²) in [6.45, 7) is 2.37. The summed E-state index contributed by atoms with van der Waals surface area (Å²) in [5.74, 6) is -0.0879. The minimum absolute atomic E-state index is 0.0879. The van der Waals surface area contributed by atoms with Crippen LogP contribution < -0.4 is 11.1 Å². The van der Waals surface area contributed by atoms with E-state index in [1.165, 1.54) is 25.7 Å². The molecule has 2 fully saturated rings. The van der Waals surface area contributed by atoms with E-state index in [-0.39, 0.29) is 18.6 Å². The third-order valence-corrected chi connectivity index (χ3v) is 4.09. The van der Waals surface area contributed by atoms with Crippen molar-refractivity contribution < 1.29 is 9.53 Å². The molecule has 0 aromatic heterocycles. The normalized spacial score (nSPS) is 27.6. The Morgan fingerprint density at radius 2 is 2.17 bits per heavy atom. The van der Waals surface area contributed by atoms with Crippen molar-refractivity contribution in [1.29, 1.82) is 0 Å². The summed E-state index contributed by atoms with van der Waals surface area (Å²) >= 11 is 0. The summed E-state index contributed by atoms with van der Waals surface area (Å²) in [6.07, 6.45) is 6.41. The second-order valence-corrected chi connectivity index (χ2v) is 5.49. The molecule has 3 N–H and O–H groups in total. The molecule has 0 aromatic rings. The first-order valence-electron chi connectivity index (χ1n) is 6.99. The Morgan fingerprint density at radius 1 is 1.44 bits per heavy atom. The van der Waals surface area contributed by atoms with Gasteiger partial charge < -0.3 is 15.8 Å². The highest BCUT2D eigenvalue weighted by molar-refractivity contribution is 5.81. The van der Waals surface area contributed by atoms with Crippen molar-refractivity contribution in [3.63, 3.8) is 0 Å². The largest absolute Gasteiger partial charge is 0.383 e. The zero-order valence-corrected chi connectivity index (χ0v) is 11.2. The number of hydrogen-bond donors (Lipinski definition) is 2. The lowest BCUT2D eigenvalue weighted by atomic mass is 10.2. The van der Waals surface area contributed by atoms with Crippen LogP contribution in [0.25, 0.3) is 0 Å². The van der Waals surface area contributed by atoms with Gasteiger partial charge in [-0.2, -0.15) is 0 Å². The monoisotopic (exact) mass is 255 g/mol. The number of methoxy groups -OCH3 is 1. The first-order valence-corrected chi connectivity index (χ1v) is 6.99. The lowest BCUT2D eigenvalue weighted by molar-refractivity contribution is -0.124. The van der Waals surface area contributed by atoms with E-state index in [0.717, 1.165) is 25.6 Å². The summed E-state index contributed by atoms with van der Waals surface area (Å²) in [7, 11) is 1.56. The molecular formula is C13H25N3O2. The molecule has 2 atom stereocenters. The number of rotatable bonds is 5. The van der Waals surface area contributed by atoms with Crippen LogP contribution in [0.3, 0.4) is 0 Å². The molecule has 2 aliphatic rings. The number of nitrogens with zero attached hydrogens (tertiary/aromatic N) is 1. The van der Waals surface area contributed by atoms with E-state index in [0.29, 0.717) is 0 Å². The third-order valence-electron chi connectivity index (χ3n) is 4.09. The van der Waals surface area contributed by atoms with E-state index in [1.807, 2.05) is 0 Å². The van der Waals surface area contributed by atoms with Crippen LogP contribution in [0.4, 0.5) is 0 Å². The lowest BCUT2D eigenvalue weighted by Gasteiger charge is -2.23. The highest BCUT2D eigenvalue weighted by atomic mass is 16.5. The Bertz CT molecular complexity index is 279. The van der Waals surface area contributed by atoms with Gasteiger partial charge in [-0.1, -0.05) is 12.8 Å². The maximum atomic E-state index is 11.8. The van der Waals surface area contributed by atoms with Gasteiger partial charge in [-0.15, -0.1) is 0 Å². The summed E-state index contributed by atoms with van der Waals surface area (Å²) in [4.78, 5) is 14.3. The van der Waals surface area contributed by atoms with Gasteiger partial charge in [0.25, 0.3) is 0 Å². The Balaban J connectivity index is 1.73. The van der Waals surface area contributed by atoms with Crippen LogP contribution in [0.2, 0.25) is 0 Å². The second kappa shape index (κ2) is 6.50. The molecular weight excluding hydrogens is 230 g/mol. The SMILES string of the molecule is COCC(N)C(=O)NC1CCN(C2CCCC2)C1. The van der Waals surface area contributed by atoms with E-state index in [4.69, 9.17) is 10.5 Å². The molecule has 18 heavy (non-hydrogen) atoms. The molecule has 0 spiro atoms. The Kier molecular flexibility index (Phi) is 4.97. The minimum Gasteiger partial charge on any atom is -0.383 e. The number of carbonyl (C=O) groups is 1. The fourth-order valence-electron chi connectivity index (χ4n) is 3.07. The average Bonchev–Trinajstić information content (AvgIpc) is 2.98. The molecule has 5 heteroatoms. The van der Waals surface area contributed by atoms with Crippen molar-refractivity contribution in [3.05, 3.63) is 0 Å². The van der Waals surface area contributed by atoms with Crippen LogP contribution in [-0.4, -0.2) is 55.7 Å². The van der Waals surface area contributed by atoms with Crippen molar-refractivity contribution in [2.45, 2.75) is 50.2 Å². The van der Waals surface area contributed by atoms with Crippen LogP contribution in [0.15, 0.2) is 0 Å². The molecule has 1 saturated carbocycles. The van der Waals surface area contributed by atoms with Crippen molar-refractivity contribution in [3.8, 4) is 0 Å². The summed E-state index contributed by atoms with van der Waals surface area (Å²) < 4.78 is 4.90. The van der Waals surface area contributed by atoms with Crippen LogP contribution in [0.5, 0.6) is 0 Å². The van der Waals surface area contributed by atoms with E-state index in [9.17, 15) is 4.79 Å². The summed E-state index contributed by atoms with van der Waals surface area (Å²) in [5.41, 5.74) is 5.71. The highest BCUT2D eigenvalue weighted by Crippen LogP contribution is 2.26. The Labute approximate surface area is 109 Å². The topological polar surface area (TPSA) is 67.6 Å². The molecule has 1 amide bonds. The molecule has 104 valence electrons. The zero-order valence-electron chi connectivity index (χ0n) is 11.2. The van der Waals surface area contributed by atoms with Crippen LogP contribution in [0.1, 0.15) is 32.1 Å². The van der Waals surface area contributed by atoms with E-state index in [1.54, 1.807) is 7.11 Å². The predicted octanol–water partition coefficient (Wildman–Crippen LogP) is 0.0932. The molecule has 1 heterocycles. The number of nitrogens with one attached hydrogen (secondary N) is 1. The van der Waals surface area contributed by atoms with E-state index >= 15 is 0 Å². The number of carbonyl (C=O) groups excluding carboxylic acids is 1. The molecule has 2 rings (SSSR count). The van der Waals surface area contributed by atoms with Gasteiger partial charge in [-0.05, 0) is 19.3 Å². The number of amides is 1. The van der Waals surface area contributed by atoms with Gasteiger partial charge in [-0.3, -0.25) is 9.69 Å². The maximum Gasteiger partial charge on any atom is 0.239 e. The number of hydrogen-bond acceptors (Lipinski definition) is 4. The first kappa shape index (κ1) is 13.8. The Hall–Kier alpha value is -0.650. The van der Waals surface area contributed by atoms with Gasteiger partial charge in [0.2, 0.25) is 5.91 Å². The van der Waals surface area contributed by atoms with Gasteiger partial charge in [0.05, 0.1) is 6.61 Å². The second-order valence-electron chi connectivity index (χ2n) is 5.49. The smallest absolute Gasteiger partial charge is 0.239 e. The number of nitrogens with two attached hydrogens (primary N) is 1. The van der Waals surface area contributed by atoms with Gasteiger partial charge >= 0.3 is 0 Å². The molecule has 0 aromatic carbocycles. The summed E-state index contributed by atoms with van der Waals surface area (Å²) in [6, 6.07) is 0.469. The van der Waals surface area contributed by atoms with Gasteiger partial charge in [0.1, 0.15) is 6.04 Å². The van der Waals surface area contributed by atoms with Crippen LogP contribution >= 0.6 is 0 Å². The number of ether oxygens (including phenoxy) is 1. The van der Waals surface area contributed by atoms with Gasteiger partial charge in [-0.25, -0.2) is 0 Å². The van der Waals surface area contributed by atoms with Crippen molar-refractivity contribution >= 4 is 5.91 Å². The fraction of sp³-hybridized carbons (Fsp3) is 0.923. The molecule has 1 saturated heterocycles. The third kappa shape index (κ3) is 3.43. The van der Waals surface area contributed by atoms with Gasteiger partial charge in [0, 0.05) is 32.3 Å². The van der Waals surface area contributed by atoms with Crippen LogP contribution in [0, 0.1) is 0 Å². The number of likely N-dealkylation sites (tertiary alicyclic amines) is 1. The average molecular weight is 255 g/mol. The van der Waals surface area contributed by atoms with Crippen molar-refractivity contribution in [1.82, 2.24) is 10.2 Å². The molecule has 1 aliphatic heterocycles. The van der Waals surface area contributed by atoms with Crippen molar-refractivity contribution in [2.24, 2.45) is 5.73 Å². The first-order chi connectivity index (χ1) is 8.70. The lowest BCUT2D eigenvalue weighted by Crippen LogP contribution is -2.48. The van der Waals surface area contributed by atoms with Crippen LogP contribution in [-0.2, 0) is 9.53 Å². The standard InChI is InChI=1S/C13H25N3O2/c1-18-9-12(14)13(17)15-10-6-7-16(8-10)11-4-2-3-5-11/h10-12H,2-9,14H2,1H3,(H,15,17). The quantitative estimate of drug-likeness (QED) is 0.731. The maximum absolute atomic E-state index is 11.8. The molecule has 5 nitrogen and oxygen atoms in total. The molecule has 0 bridgehead atoms. The van der Waals surface area contributed by atoms with Gasteiger partial charge in [0.15, 0.2) is 0 Å². The molecule has 2 unspecified atom stereocenters. The minimum atomic E-state index is -0.546. The zero-order chi connectivity index (χ0) is 13.0. The fourth-order valence-corrected chi connectivity index (χ4v) is 3.07. The predicted molar refractivity (Wildman–Crippen MR) is 70.2 cm³/mol. The Morgan fingerprint density at radius 3 is 2.83 bits per heavy atom. The van der Waals surface area contributed by atoms with E-state index in [2.05, 4.69) is 10.2 Å². The van der Waals surface area contributed by atoms with Crippen molar-refractivity contribution in [2.75, 3.05) is 26.8 Å². The molecule has 0 radical (unpaired) electrons. The summed E-state index contributed by atoms with van der Waals surface area (Å²) in [5, 5.41) is 3.03. The highest BCUT2D eigenvalue weighted by Gasteiger charge is 2.31. The molecule has 1 aliphatic carbocycles.